The normalized spacial score (nSPS) is 13.3. The minimum atomic E-state index is -0.524. The summed E-state index contributed by atoms with van der Waals surface area (Å²) < 4.78 is 27.2. The highest BCUT2D eigenvalue weighted by Gasteiger charge is 2.31. The van der Waals surface area contributed by atoms with Crippen LogP contribution in [0.1, 0.15) is 31.8 Å². The molecule has 1 aliphatic rings. The number of Topliss-reactive ketones (excluding diaryl/α,β-unsaturated/α-hetero) is 1. The molecule has 0 unspecified atom stereocenters. The summed E-state index contributed by atoms with van der Waals surface area (Å²) >= 11 is 0. The predicted molar refractivity (Wildman–Crippen MR) is 122 cm³/mol. The molecule has 0 N–H and O–H groups in total. The van der Waals surface area contributed by atoms with Crippen LogP contribution < -0.4 is 23.7 Å². The van der Waals surface area contributed by atoms with E-state index in [1.807, 2.05) is 0 Å². The topological polar surface area (TPSA) is 80.3 Å². The van der Waals surface area contributed by atoms with Crippen LogP contribution in [0.15, 0.2) is 60.4 Å². The van der Waals surface area contributed by atoms with Crippen molar-refractivity contribution in [3.63, 3.8) is 0 Å². The van der Waals surface area contributed by atoms with Gasteiger partial charge < -0.3 is 23.7 Å². The number of ketones is 1. The molecule has 7 heteroatoms. The van der Waals surface area contributed by atoms with Crippen molar-refractivity contribution in [1.29, 1.82) is 0 Å². The Balaban J connectivity index is 1.60. The lowest BCUT2D eigenvalue weighted by Crippen LogP contribution is -2.09. The minimum Gasteiger partial charge on any atom is -0.497 e. The summed E-state index contributed by atoms with van der Waals surface area (Å²) in [4.78, 5) is 25.5. The molecular formula is C26H22O7. The maximum atomic E-state index is 12.9. The third-order valence-electron chi connectivity index (χ3n) is 5.29. The Morgan fingerprint density at radius 2 is 1.55 bits per heavy atom. The van der Waals surface area contributed by atoms with Gasteiger partial charge in [-0.15, -0.1) is 0 Å². The van der Waals surface area contributed by atoms with Crippen LogP contribution in [0.25, 0.3) is 6.08 Å². The molecule has 4 rings (SSSR count). The Hall–Kier alpha value is -4.26. The molecule has 1 heterocycles. The van der Waals surface area contributed by atoms with Gasteiger partial charge in [0.25, 0.3) is 0 Å². The second-order valence-electron chi connectivity index (χ2n) is 7.23. The van der Waals surface area contributed by atoms with Gasteiger partial charge in [-0.1, -0.05) is 0 Å². The van der Waals surface area contributed by atoms with Crippen molar-refractivity contribution >= 4 is 17.8 Å². The van der Waals surface area contributed by atoms with E-state index in [2.05, 4.69) is 0 Å². The summed E-state index contributed by atoms with van der Waals surface area (Å²) in [6, 6.07) is 15.0. The molecule has 0 bridgehead atoms. The number of rotatable bonds is 6. The first kappa shape index (κ1) is 22.0. The van der Waals surface area contributed by atoms with Crippen LogP contribution >= 0.6 is 0 Å². The first-order valence-electron chi connectivity index (χ1n) is 10.1. The van der Waals surface area contributed by atoms with Crippen molar-refractivity contribution < 1.29 is 33.3 Å². The molecule has 168 valence electrons. The Morgan fingerprint density at radius 1 is 0.848 bits per heavy atom. The molecule has 0 atom stereocenters. The Labute approximate surface area is 191 Å². The molecule has 0 saturated carbocycles. The number of allylic oxidation sites excluding steroid dienone is 1. The van der Waals surface area contributed by atoms with E-state index < -0.39 is 5.97 Å². The molecule has 0 amide bonds. The van der Waals surface area contributed by atoms with Gasteiger partial charge in [-0.25, -0.2) is 4.79 Å². The van der Waals surface area contributed by atoms with Crippen molar-refractivity contribution in [2.24, 2.45) is 0 Å². The first-order chi connectivity index (χ1) is 15.9. The zero-order valence-corrected chi connectivity index (χ0v) is 18.6. The predicted octanol–water partition coefficient (Wildman–Crippen LogP) is 4.86. The van der Waals surface area contributed by atoms with Crippen molar-refractivity contribution in [1.82, 2.24) is 0 Å². The summed E-state index contributed by atoms with van der Waals surface area (Å²) in [5, 5.41) is 0. The third-order valence-corrected chi connectivity index (χ3v) is 5.29. The quantitative estimate of drug-likeness (QED) is 0.304. The number of methoxy groups -OCH3 is 3. The smallest absolute Gasteiger partial charge is 0.343 e. The maximum Gasteiger partial charge on any atom is 0.343 e. The van der Waals surface area contributed by atoms with Gasteiger partial charge in [0.15, 0.2) is 5.76 Å². The monoisotopic (exact) mass is 446 g/mol. The fourth-order valence-corrected chi connectivity index (χ4v) is 3.44. The highest BCUT2D eigenvalue weighted by Crippen LogP contribution is 2.40. The maximum absolute atomic E-state index is 12.9. The number of benzene rings is 3. The van der Waals surface area contributed by atoms with E-state index in [4.69, 9.17) is 23.7 Å². The van der Waals surface area contributed by atoms with Gasteiger partial charge in [-0.2, -0.15) is 0 Å². The molecule has 0 spiro atoms. The molecule has 0 aliphatic carbocycles. The van der Waals surface area contributed by atoms with E-state index in [0.717, 1.165) is 0 Å². The average Bonchev–Trinajstić information content (AvgIpc) is 3.16. The van der Waals surface area contributed by atoms with Crippen LogP contribution in [0.3, 0.4) is 0 Å². The molecule has 0 saturated heterocycles. The molecule has 0 radical (unpaired) electrons. The second-order valence-corrected chi connectivity index (χ2v) is 7.23. The van der Waals surface area contributed by atoms with Crippen LogP contribution in [0, 0.1) is 6.92 Å². The number of hydrogen-bond acceptors (Lipinski definition) is 7. The highest BCUT2D eigenvalue weighted by molar-refractivity contribution is 6.15. The van der Waals surface area contributed by atoms with Crippen LogP contribution in [0.2, 0.25) is 0 Å². The number of esters is 1. The number of carbonyl (C=O) groups is 2. The van der Waals surface area contributed by atoms with Gasteiger partial charge >= 0.3 is 5.97 Å². The van der Waals surface area contributed by atoms with E-state index in [9.17, 15) is 9.59 Å². The first-order valence-corrected chi connectivity index (χ1v) is 10.1. The van der Waals surface area contributed by atoms with Gasteiger partial charge in [0, 0.05) is 17.2 Å². The SMILES string of the molecule is COc1ccc(C(=O)Oc2ccc3c(c2C)O/C(=C\c2ccc(OC)cc2OC)C3=O)cc1. The van der Waals surface area contributed by atoms with Crippen molar-refractivity contribution in [3.8, 4) is 28.7 Å². The average molecular weight is 446 g/mol. The molecule has 33 heavy (non-hydrogen) atoms. The van der Waals surface area contributed by atoms with Gasteiger partial charge in [-0.3, -0.25) is 4.79 Å². The summed E-state index contributed by atoms with van der Waals surface area (Å²) in [5.41, 5.74) is 1.99. The van der Waals surface area contributed by atoms with Gasteiger partial charge in [0.2, 0.25) is 5.78 Å². The van der Waals surface area contributed by atoms with Crippen LogP contribution in [0.4, 0.5) is 0 Å². The molecule has 1 aliphatic heterocycles. The molecule has 3 aromatic rings. The number of fused-ring (bicyclic) bond motifs is 1. The molecule has 0 fully saturated rings. The fourth-order valence-electron chi connectivity index (χ4n) is 3.44. The Kier molecular flexibility index (Phi) is 6.04. The Morgan fingerprint density at radius 3 is 2.21 bits per heavy atom. The molecule has 0 aromatic heterocycles. The van der Waals surface area contributed by atoms with E-state index in [1.54, 1.807) is 81.8 Å². The fraction of sp³-hybridized carbons (Fsp3) is 0.154. The summed E-state index contributed by atoms with van der Waals surface area (Å²) in [7, 11) is 4.65. The summed E-state index contributed by atoms with van der Waals surface area (Å²) in [6.45, 7) is 1.74. The van der Waals surface area contributed by atoms with E-state index in [1.165, 1.54) is 7.11 Å². The molecule has 3 aromatic carbocycles. The van der Waals surface area contributed by atoms with E-state index in [0.29, 0.717) is 51.0 Å². The van der Waals surface area contributed by atoms with Gasteiger partial charge in [0.05, 0.1) is 32.5 Å². The molecule has 7 nitrogen and oxygen atoms in total. The van der Waals surface area contributed by atoms with Crippen LogP contribution in [-0.2, 0) is 0 Å². The van der Waals surface area contributed by atoms with Crippen molar-refractivity contribution in [3.05, 3.63) is 82.6 Å². The lowest BCUT2D eigenvalue weighted by Gasteiger charge is -2.10. The zero-order valence-electron chi connectivity index (χ0n) is 18.6. The van der Waals surface area contributed by atoms with Gasteiger partial charge in [-0.05, 0) is 61.5 Å². The molecular weight excluding hydrogens is 424 g/mol. The van der Waals surface area contributed by atoms with Crippen LogP contribution in [0.5, 0.6) is 28.7 Å². The van der Waals surface area contributed by atoms with Crippen molar-refractivity contribution in [2.75, 3.05) is 21.3 Å². The highest BCUT2D eigenvalue weighted by atomic mass is 16.5. The standard InChI is InChI=1S/C26H22O7/c1-15-21(33-26(28)16-5-8-18(29-2)9-6-16)12-11-20-24(27)23(32-25(15)20)13-17-7-10-19(30-3)14-22(17)31-4/h5-14H,1-4H3/b23-13-. The minimum absolute atomic E-state index is 0.148. The zero-order chi connectivity index (χ0) is 23.5. The number of hydrogen-bond donors (Lipinski definition) is 0. The Bertz CT molecular complexity index is 1260. The van der Waals surface area contributed by atoms with E-state index in [-0.39, 0.29) is 11.5 Å². The van der Waals surface area contributed by atoms with Crippen LogP contribution in [-0.4, -0.2) is 33.1 Å². The lowest BCUT2D eigenvalue weighted by atomic mass is 10.1. The second kappa shape index (κ2) is 9.08. The largest absolute Gasteiger partial charge is 0.497 e. The van der Waals surface area contributed by atoms with Crippen molar-refractivity contribution in [2.45, 2.75) is 6.92 Å². The van der Waals surface area contributed by atoms with E-state index >= 15 is 0 Å². The summed E-state index contributed by atoms with van der Waals surface area (Å²) in [5.74, 6) is 1.84. The number of ether oxygens (including phenoxy) is 5. The van der Waals surface area contributed by atoms with Gasteiger partial charge in [0.1, 0.15) is 28.7 Å². The summed E-state index contributed by atoms with van der Waals surface area (Å²) in [6.07, 6.45) is 1.61. The lowest BCUT2D eigenvalue weighted by molar-refractivity contribution is 0.0733. The number of carbonyl (C=O) groups excluding carboxylic acids is 2. The third kappa shape index (κ3) is 4.25.